The molecule has 0 saturated carbocycles. The monoisotopic (exact) mass is 233 g/mol. The number of hydrogen-bond acceptors (Lipinski definition) is 3. The minimum absolute atomic E-state index is 0.477. The predicted molar refractivity (Wildman–Crippen MR) is 45.5 cm³/mol. The van der Waals surface area contributed by atoms with Crippen molar-refractivity contribution in [1.29, 1.82) is 0 Å². The van der Waals surface area contributed by atoms with Gasteiger partial charge in [-0.3, -0.25) is 9.48 Å². The van der Waals surface area contributed by atoms with Crippen LogP contribution in [-0.2, 0) is 11.8 Å². The Hall–Kier alpha value is -0.880. The highest BCUT2D eigenvalue weighted by Crippen LogP contribution is 2.20. The lowest BCUT2D eigenvalue weighted by Gasteiger charge is -2.03. The van der Waals surface area contributed by atoms with Gasteiger partial charge in [0.1, 0.15) is 10.6 Å². The number of carboxylic acids is 1. The predicted octanol–water partition coefficient (Wildman–Crippen LogP) is 0.267. The largest absolute Gasteiger partial charge is 0.480 e. The van der Waals surface area contributed by atoms with Crippen LogP contribution in [-0.4, -0.2) is 20.9 Å². The van der Waals surface area contributed by atoms with Crippen LogP contribution in [0.25, 0.3) is 0 Å². The summed E-state index contributed by atoms with van der Waals surface area (Å²) in [5.41, 5.74) is 5.85. The highest BCUT2D eigenvalue weighted by molar-refractivity contribution is 9.10. The molecule has 1 atom stereocenters. The summed E-state index contributed by atoms with van der Waals surface area (Å²) in [5.74, 6) is -1.07. The van der Waals surface area contributed by atoms with E-state index in [0.29, 0.717) is 10.2 Å². The normalized spacial score (nSPS) is 12.9. The number of aromatic nitrogens is 2. The summed E-state index contributed by atoms with van der Waals surface area (Å²) in [7, 11) is 1.70. The van der Waals surface area contributed by atoms with Gasteiger partial charge < -0.3 is 10.8 Å². The number of carbonyl (C=O) groups is 1. The van der Waals surface area contributed by atoms with Gasteiger partial charge in [0.05, 0.1) is 6.20 Å². The second kappa shape index (κ2) is 3.24. The number of carboxylic acid groups (broad SMARTS) is 1. The molecule has 1 aromatic heterocycles. The molecule has 6 heteroatoms. The molecule has 0 saturated heterocycles. The molecule has 0 amide bonds. The molecule has 0 aliphatic rings. The van der Waals surface area contributed by atoms with Gasteiger partial charge in [-0.15, -0.1) is 0 Å². The second-order valence-corrected chi connectivity index (χ2v) is 3.08. The number of hydrogen-bond donors (Lipinski definition) is 2. The number of rotatable bonds is 2. The Morgan fingerprint density at radius 3 is 2.83 bits per heavy atom. The van der Waals surface area contributed by atoms with Crippen molar-refractivity contribution in [3.63, 3.8) is 0 Å². The average molecular weight is 234 g/mol. The molecule has 0 radical (unpaired) electrons. The van der Waals surface area contributed by atoms with Gasteiger partial charge in [-0.05, 0) is 15.9 Å². The number of nitrogens with two attached hydrogens (primary N) is 1. The Labute approximate surface area is 77.3 Å². The smallest absolute Gasteiger partial charge is 0.325 e. The fourth-order valence-electron chi connectivity index (χ4n) is 0.781. The molecule has 66 valence electrons. The van der Waals surface area contributed by atoms with E-state index in [4.69, 9.17) is 10.8 Å². The third-order valence-corrected chi connectivity index (χ3v) is 2.46. The Morgan fingerprint density at radius 1 is 1.92 bits per heavy atom. The maximum absolute atomic E-state index is 10.5. The number of aliphatic carboxylic acids is 1. The maximum atomic E-state index is 10.5. The van der Waals surface area contributed by atoms with Gasteiger partial charge in [-0.1, -0.05) is 0 Å². The maximum Gasteiger partial charge on any atom is 0.325 e. The summed E-state index contributed by atoms with van der Waals surface area (Å²) in [4.78, 5) is 10.5. The van der Waals surface area contributed by atoms with Gasteiger partial charge >= 0.3 is 5.97 Å². The van der Waals surface area contributed by atoms with Crippen LogP contribution >= 0.6 is 15.9 Å². The zero-order chi connectivity index (χ0) is 9.30. The lowest BCUT2D eigenvalue weighted by Crippen LogP contribution is -2.20. The summed E-state index contributed by atoms with van der Waals surface area (Å²) in [6.07, 6.45) is 1.43. The second-order valence-electron chi connectivity index (χ2n) is 2.33. The molecule has 1 rings (SSSR count). The first-order valence-electron chi connectivity index (χ1n) is 3.20. The fourth-order valence-corrected chi connectivity index (χ4v) is 1.22. The van der Waals surface area contributed by atoms with Crippen LogP contribution < -0.4 is 5.73 Å². The summed E-state index contributed by atoms with van der Waals surface area (Å²) in [6.45, 7) is 0. The molecule has 3 N–H and O–H groups in total. The van der Waals surface area contributed by atoms with Crippen LogP contribution in [0.1, 0.15) is 11.6 Å². The van der Waals surface area contributed by atoms with Gasteiger partial charge in [0.25, 0.3) is 0 Å². The quantitative estimate of drug-likeness (QED) is 0.769. The molecule has 12 heavy (non-hydrogen) atoms. The topological polar surface area (TPSA) is 81.1 Å². The average Bonchev–Trinajstić information content (AvgIpc) is 2.32. The molecule has 0 aromatic carbocycles. The highest BCUT2D eigenvalue weighted by Gasteiger charge is 2.19. The molecule has 5 nitrogen and oxygen atoms in total. The van der Waals surface area contributed by atoms with E-state index in [0.717, 1.165) is 0 Å². The molecule has 0 aliphatic heterocycles. The van der Waals surface area contributed by atoms with Crippen LogP contribution in [0.4, 0.5) is 0 Å². The van der Waals surface area contributed by atoms with Crippen molar-refractivity contribution in [2.24, 2.45) is 12.8 Å². The molecule has 0 bridgehead atoms. The number of aryl methyl sites for hydroxylation is 1. The third kappa shape index (κ3) is 1.49. The first-order chi connectivity index (χ1) is 5.54. The van der Waals surface area contributed by atoms with E-state index in [1.54, 1.807) is 7.05 Å². The first kappa shape index (κ1) is 9.21. The van der Waals surface area contributed by atoms with Crippen molar-refractivity contribution >= 4 is 21.9 Å². The van der Waals surface area contributed by atoms with Crippen molar-refractivity contribution in [2.45, 2.75) is 6.04 Å². The Kier molecular flexibility index (Phi) is 2.49. The van der Waals surface area contributed by atoms with E-state index < -0.39 is 12.0 Å². The molecule has 0 fully saturated rings. The molecule has 1 heterocycles. The molecule has 1 aromatic rings. The van der Waals surface area contributed by atoms with Crippen LogP contribution in [0, 0.1) is 0 Å². The lowest BCUT2D eigenvalue weighted by molar-refractivity contribution is -0.138. The minimum atomic E-state index is -1.07. The Bertz CT molecular complexity index is 310. The summed E-state index contributed by atoms with van der Waals surface area (Å²) in [5, 5.41) is 12.4. The molecule has 0 spiro atoms. The molecule has 1 unspecified atom stereocenters. The van der Waals surface area contributed by atoms with Gasteiger partial charge in [-0.25, -0.2) is 0 Å². The van der Waals surface area contributed by atoms with Crippen molar-refractivity contribution in [2.75, 3.05) is 0 Å². The van der Waals surface area contributed by atoms with Crippen LogP contribution in [0.2, 0.25) is 0 Å². The zero-order valence-electron chi connectivity index (χ0n) is 6.36. The Morgan fingerprint density at radius 2 is 2.50 bits per heavy atom. The van der Waals surface area contributed by atoms with E-state index in [-0.39, 0.29) is 0 Å². The highest BCUT2D eigenvalue weighted by atomic mass is 79.9. The number of nitrogens with zero attached hydrogens (tertiary/aromatic N) is 2. The minimum Gasteiger partial charge on any atom is -0.480 e. The standard InChI is InChI=1S/C6H8BrN3O2/c1-10-5(7)3(2-9-10)4(8)6(11)12/h2,4H,8H2,1H3,(H,11,12). The Balaban J connectivity index is 3.03. The summed E-state index contributed by atoms with van der Waals surface area (Å²) >= 11 is 3.18. The first-order valence-corrected chi connectivity index (χ1v) is 3.99. The lowest BCUT2D eigenvalue weighted by atomic mass is 10.2. The van der Waals surface area contributed by atoms with E-state index in [2.05, 4.69) is 21.0 Å². The summed E-state index contributed by atoms with van der Waals surface area (Å²) in [6, 6.07) is -1.02. The van der Waals surface area contributed by atoms with Crippen LogP contribution in [0.15, 0.2) is 10.8 Å². The third-order valence-electron chi connectivity index (χ3n) is 1.49. The van der Waals surface area contributed by atoms with Crippen molar-refractivity contribution in [1.82, 2.24) is 9.78 Å². The van der Waals surface area contributed by atoms with E-state index in [1.165, 1.54) is 10.9 Å². The molecule has 0 aliphatic carbocycles. The van der Waals surface area contributed by atoms with E-state index in [1.807, 2.05) is 0 Å². The SMILES string of the molecule is Cn1ncc(C(N)C(=O)O)c1Br. The zero-order valence-corrected chi connectivity index (χ0v) is 7.95. The van der Waals surface area contributed by atoms with Gasteiger partial charge in [0.15, 0.2) is 0 Å². The van der Waals surface area contributed by atoms with Crippen molar-refractivity contribution < 1.29 is 9.90 Å². The summed E-state index contributed by atoms with van der Waals surface area (Å²) < 4.78 is 2.11. The van der Waals surface area contributed by atoms with E-state index in [9.17, 15) is 4.79 Å². The van der Waals surface area contributed by atoms with Crippen molar-refractivity contribution in [3.05, 3.63) is 16.4 Å². The van der Waals surface area contributed by atoms with Gasteiger partial charge in [-0.2, -0.15) is 5.10 Å². The molecular formula is C6H8BrN3O2. The van der Waals surface area contributed by atoms with E-state index >= 15 is 0 Å². The van der Waals surface area contributed by atoms with Gasteiger partial charge in [0.2, 0.25) is 0 Å². The van der Waals surface area contributed by atoms with Crippen LogP contribution in [0.5, 0.6) is 0 Å². The van der Waals surface area contributed by atoms with Crippen LogP contribution in [0.3, 0.4) is 0 Å². The van der Waals surface area contributed by atoms with Crippen molar-refractivity contribution in [3.8, 4) is 0 Å². The molecular weight excluding hydrogens is 226 g/mol. The number of halogens is 1. The van der Waals surface area contributed by atoms with Gasteiger partial charge in [0, 0.05) is 12.6 Å². The fraction of sp³-hybridized carbons (Fsp3) is 0.333.